The predicted octanol–water partition coefficient (Wildman–Crippen LogP) is 4.14. The van der Waals surface area contributed by atoms with E-state index in [9.17, 15) is 4.79 Å². The van der Waals surface area contributed by atoms with E-state index in [2.05, 4.69) is 0 Å². The smallest absolute Gasteiger partial charge is 0.330 e. The van der Waals surface area contributed by atoms with Gasteiger partial charge in [0.05, 0.1) is 21.7 Å². The number of carbonyl (C=O) groups is 1. The minimum atomic E-state index is -0.415. The first-order valence-corrected chi connectivity index (χ1v) is 6.28. The first kappa shape index (κ1) is 15.2. The molecule has 1 aromatic carbocycles. The summed E-state index contributed by atoms with van der Waals surface area (Å²) in [6.07, 6.45) is 2.81. The van der Waals surface area contributed by atoms with Crippen LogP contribution in [0.15, 0.2) is 24.3 Å². The molecule has 0 N–H and O–H groups in total. The van der Waals surface area contributed by atoms with Gasteiger partial charge in [-0.15, -0.1) is 0 Å². The molecule has 3 nitrogen and oxygen atoms in total. The summed E-state index contributed by atoms with van der Waals surface area (Å²) in [5.41, 5.74) is 0. The third-order valence-electron chi connectivity index (χ3n) is 1.85. The molecule has 0 radical (unpaired) electrons. The Morgan fingerprint density at radius 1 is 1.22 bits per heavy atom. The van der Waals surface area contributed by atoms with Gasteiger partial charge in [-0.3, -0.25) is 0 Å². The molecule has 6 heteroatoms. The fraction of sp³-hybridized carbons (Fsp3) is 0.250. The van der Waals surface area contributed by atoms with Crippen LogP contribution in [-0.4, -0.2) is 19.2 Å². The summed E-state index contributed by atoms with van der Waals surface area (Å²) in [6.45, 7) is 2.25. The summed E-state index contributed by atoms with van der Waals surface area (Å²) in [7, 11) is 0. The Hall–Kier alpha value is -0.900. The molecule has 0 bridgehead atoms. The van der Waals surface area contributed by atoms with Crippen LogP contribution in [0.5, 0.6) is 5.75 Å². The highest BCUT2D eigenvalue weighted by Crippen LogP contribution is 2.33. The Morgan fingerprint density at radius 3 is 2.56 bits per heavy atom. The maximum Gasteiger partial charge on any atom is 0.330 e. The van der Waals surface area contributed by atoms with Crippen molar-refractivity contribution in [2.75, 3.05) is 13.2 Å². The summed E-state index contributed by atoms with van der Waals surface area (Å²) in [5, 5.41) is 1.07. The number of benzene rings is 1. The largest absolute Gasteiger partial charge is 0.488 e. The fourth-order valence-electron chi connectivity index (χ4n) is 1.09. The van der Waals surface area contributed by atoms with Gasteiger partial charge in [0.1, 0.15) is 12.4 Å². The zero-order chi connectivity index (χ0) is 13.5. The SMILES string of the molecule is CCOC(=O)/C=C/COc1cc(Cl)c(Cl)cc1Cl. The van der Waals surface area contributed by atoms with Crippen LogP contribution in [0.1, 0.15) is 6.92 Å². The summed E-state index contributed by atoms with van der Waals surface area (Å²) in [5.74, 6) is -0.0130. The van der Waals surface area contributed by atoms with Crippen LogP contribution in [0.2, 0.25) is 15.1 Å². The van der Waals surface area contributed by atoms with Crippen molar-refractivity contribution in [2.45, 2.75) is 6.92 Å². The lowest BCUT2D eigenvalue weighted by Crippen LogP contribution is -2.01. The van der Waals surface area contributed by atoms with E-state index < -0.39 is 5.97 Å². The normalized spacial score (nSPS) is 10.7. The molecule has 0 fully saturated rings. The molecule has 0 atom stereocenters. The van der Waals surface area contributed by atoms with Crippen molar-refractivity contribution >= 4 is 40.8 Å². The lowest BCUT2D eigenvalue weighted by Gasteiger charge is -2.07. The van der Waals surface area contributed by atoms with Crippen molar-refractivity contribution in [1.82, 2.24) is 0 Å². The highest BCUT2D eigenvalue weighted by Gasteiger charge is 2.06. The topological polar surface area (TPSA) is 35.5 Å². The molecule has 0 spiro atoms. The summed E-state index contributed by atoms with van der Waals surface area (Å²) < 4.78 is 10.0. The third-order valence-corrected chi connectivity index (χ3v) is 2.87. The van der Waals surface area contributed by atoms with E-state index in [0.29, 0.717) is 27.4 Å². The number of rotatable bonds is 5. The van der Waals surface area contributed by atoms with Gasteiger partial charge in [-0.25, -0.2) is 4.79 Å². The Bertz CT molecular complexity index is 458. The van der Waals surface area contributed by atoms with E-state index in [4.69, 9.17) is 44.3 Å². The van der Waals surface area contributed by atoms with Crippen LogP contribution in [0.4, 0.5) is 0 Å². The molecule has 0 aliphatic heterocycles. The Kier molecular flexibility index (Phi) is 6.33. The van der Waals surface area contributed by atoms with Crippen LogP contribution in [-0.2, 0) is 9.53 Å². The number of ether oxygens (including phenoxy) is 2. The highest BCUT2D eigenvalue weighted by atomic mass is 35.5. The molecule has 0 unspecified atom stereocenters. The molecule has 18 heavy (non-hydrogen) atoms. The minimum Gasteiger partial charge on any atom is -0.488 e. The first-order chi connectivity index (χ1) is 8.54. The second-order valence-electron chi connectivity index (χ2n) is 3.16. The van der Waals surface area contributed by atoms with E-state index in [1.165, 1.54) is 24.3 Å². The van der Waals surface area contributed by atoms with E-state index in [1.54, 1.807) is 6.92 Å². The molecule has 0 aliphatic carbocycles. The molecule has 0 saturated heterocycles. The molecular formula is C12H11Cl3O3. The Balaban J connectivity index is 2.54. The predicted molar refractivity (Wildman–Crippen MR) is 72.7 cm³/mol. The quantitative estimate of drug-likeness (QED) is 0.466. The van der Waals surface area contributed by atoms with Crippen LogP contribution in [0.25, 0.3) is 0 Å². The van der Waals surface area contributed by atoms with E-state index in [1.807, 2.05) is 0 Å². The van der Waals surface area contributed by atoms with Gasteiger partial charge in [0, 0.05) is 12.1 Å². The zero-order valence-corrected chi connectivity index (χ0v) is 11.9. The van der Waals surface area contributed by atoms with Crippen molar-refractivity contribution in [1.29, 1.82) is 0 Å². The number of halogens is 3. The fourth-order valence-corrected chi connectivity index (χ4v) is 1.68. The maximum absolute atomic E-state index is 11.0. The van der Waals surface area contributed by atoms with Crippen LogP contribution >= 0.6 is 34.8 Å². The highest BCUT2D eigenvalue weighted by molar-refractivity contribution is 6.43. The van der Waals surface area contributed by atoms with Gasteiger partial charge in [-0.1, -0.05) is 34.8 Å². The number of hydrogen-bond donors (Lipinski definition) is 0. The van der Waals surface area contributed by atoms with Crippen molar-refractivity contribution < 1.29 is 14.3 Å². The van der Waals surface area contributed by atoms with Crippen molar-refractivity contribution in [3.8, 4) is 5.75 Å². The molecule has 98 valence electrons. The summed E-state index contributed by atoms with van der Waals surface area (Å²) in [6, 6.07) is 3.01. The second kappa shape index (κ2) is 7.52. The number of hydrogen-bond acceptors (Lipinski definition) is 3. The minimum absolute atomic E-state index is 0.177. The zero-order valence-electron chi connectivity index (χ0n) is 9.58. The molecule has 0 aliphatic rings. The average molecular weight is 310 g/mol. The maximum atomic E-state index is 11.0. The van der Waals surface area contributed by atoms with Gasteiger partial charge in [0.15, 0.2) is 0 Å². The molecule has 1 aromatic rings. The molecule has 0 saturated carbocycles. The monoisotopic (exact) mass is 308 g/mol. The molecule has 0 aromatic heterocycles. The standard InChI is InChI=1S/C12H11Cl3O3/c1-2-17-12(16)4-3-5-18-11-7-9(14)8(13)6-10(11)15/h3-4,6-7H,2,5H2,1H3/b4-3+. The second-order valence-corrected chi connectivity index (χ2v) is 4.38. The van der Waals surface area contributed by atoms with Crippen LogP contribution in [0, 0.1) is 0 Å². The number of esters is 1. The van der Waals surface area contributed by atoms with Crippen LogP contribution < -0.4 is 4.74 Å². The first-order valence-electron chi connectivity index (χ1n) is 5.15. The molecule has 0 amide bonds. The van der Waals surface area contributed by atoms with Gasteiger partial charge >= 0.3 is 5.97 Å². The lowest BCUT2D eigenvalue weighted by molar-refractivity contribution is -0.137. The Labute approximate surface area is 120 Å². The van der Waals surface area contributed by atoms with Crippen LogP contribution in [0.3, 0.4) is 0 Å². The van der Waals surface area contributed by atoms with Gasteiger partial charge in [-0.2, -0.15) is 0 Å². The van der Waals surface area contributed by atoms with Crippen molar-refractivity contribution in [2.24, 2.45) is 0 Å². The number of carbonyl (C=O) groups excluding carboxylic acids is 1. The molecule has 0 heterocycles. The third kappa shape index (κ3) is 4.77. The Morgan fingerprint density at radius 2 is 1.89 bits per heavy atom. The van der Waals surface area contributed by atoms with Crippen molar-refractivity contribution in [3.05, 3.63) is 39.4 Å². The molecule has 1 rings (SSSR count). The van der Waals surface area contributed by atoms with E-state index >= 15 is 0 Å². The average Bonchev–Trinajstić information content (AvgIpc) is 2.31. The van der Waals surface area contributed by atoms with Gasteiger partial charge < -0.3 is 9.47 Å². The molecular weight excluding hydrogens is 298 g/mol. The van der Waals surface area contributed by atoms with E-state index in [-0.39, 0.29) is 6.61 Å². The van der Waals surface area contributed by atoms with Crippen molar-refractivity contribution in [3.63, 3.8) is 0 Å². The van der Waals surface area contributed by atoms with Gasteiger partial charge in [0.2, 0.25) is 0 Å². The van der Waals surface area contributed by atoms with Gasteiger partial charge in [0.25, 0.3) is 0 Å². The summed E-state index contributed by atoms with van der Waals surface area (Å²) >= 11 is 17.5. The lowest BCUT2D eigenvalue weighted by atomic mass is 10.3. The van der Waals surface area contributed by atoms with Gasteiger partial charge in [-0.05, 0) is 19.1 Å². The van der Waals surface area contributed by atoms with E-state index in [0.717, 1.165) is 0 Å². The summed E-state index contributed by atoms with van der Waals surface area (Å²) in [4.78, 5) is 11.0.